The van der Waals surface area contributed by atoms with Crippen molar-refractivity contribution in [3.8, 4) is 0 Å². The highest BCUT2D eigenvalue weighted by Crippen LogP contribution is 2.11. The molecule has 0 fully saturated rings. The van der Waals surface area contributed by atoms with E-state index in [-0.39, 0.29) is 18.8 Å². The van der Waals surface area contributed by atoms with Gasteiger partial charge in [-0.05, 0) is 25.7 Å². The van der Waals surface area contributed by atoms with Gasteiger partial charge in [-0.3, -0.25) is 9.59 Å². The second-order valence-electron chi connectivity index (χ2n) is 7.58. The number of esters is 1. The minimum Gasteiger partial charge on any atom is -0.481 e. The smallest absolute Gasteiger partial charge is 0.307 e. The average Bonchev–Trinajstić information content (AvgIpc) is 2.49. The number of carboxylic acid groups (broad SMARTS) is 1. The van der Waals surface area contributed by atoms with Gasteiger partial charge in [0.1, 0.15) is 6.54 Å². The Morgan fingerprint density at radius 1 is 1.12 bits per heavy atom. The fraction of sp³-hybridized carbons (Fsp3) is 0.700. The molecule has 26 heavy (non-hydrogen) atoms. The molecular weight excluding hydrogens is 334 g/mol. The molecule has 6 heteroatoms. The highest BCUT2D eigenvalue weighted by Gasteiger charge is 2.24. The first-order valence-electron chi connectivity index (χ1n) is 9.35. The lowest BCUT2D eigenvalue weighted by atomic mass is 10.1. The van der Waals surface area contributed by atoms with Gasteiger partial charge in [0.05, 0.1) is 33.7 Å². The van der Waals surface area contributed by atoms with Crippen molar-refractivity contribution in [1.82, 2.24) is 0 Å². The van der Waals surface area contributed by atoms with E-state index in [4.69, 9.17) is 9.84 Å². The van der Waals surface area contributed by atoms with Crippen molar-refractivity contribution in [2.24, 2.45) is 0 Å². The van der Waals surface area contributed by atoms with Gasteiger partial charge >= 0.3 is 11.9 Å². The molecule has 0 rings (SSSR count). The molecule has 0 aliphatic rings. The topological polar surface area (TPSA) is 83.8 Å². The van der Waals surface area contributed by atoms with Crippen molar-refractivity contribution in [2.45, 2.75) is 64.1 Å². The number of likely N-dealkylation sites (N-methyl/N-ethyl adjacent to an activating group) is 1. The molecule has 0 aromatic rings. The van der Waals surface area contributed by atoms with Crippen LogP contribution in [0.15, 0.2) is 24.3 Å². The highest BCUT2D eigenvalue weighted by atomic mass is 16.5. The number of hydrogen-bond acceptors (Lipinski definition) is 4. The monoisotopic (exact) mass is 370 g/mol. The van der Waals surface area contributed by atoms with Gasteiger partial charge in [-0.2, -0.15) is 0 Å². The number of unbranched alkanes of at least 4 members (excludes halogenated alkanes) is 1. The molecule has 0 saturated heterocycles. The van der Waals surface area contributed by atoms with Crippen LogP contribution in [0.4, 0.5) is 0 Å². The van der Waals surface area contributed by atoms with Crippen molar-refractivity contribution < 1.29 is 29.0 Å². The van der Waals surface area contributed by atoms with E-state index in [1.165, 1.54) is 0 Å². The highest BCUT2D eigenvalue weighted by molar-refractivity contribution is 5.71. The fourth-order valence-corrected chi connectivity index (χ4v) is 2.49. The molecule has 0 aromatic heterocycles. The van der Waals surface area contributed by atoms with Crippen molar-refractivity contribution >= 4 is 11.9 Å². The van der Waals surface area contributed by atoms with Crippen LogP contribution in [0.5, 0.6) is 0 Å². The third-order valence-electron chi connectivity index (χ3n) is 3.65. The molecule has 2 atom stereocenters. The maximum absolute atomic E-state index is 11.9. The minimum atomic E-state index is -0.971. The van der Waals surface area contributed by atoms with Crippen LogP contribution in [0.25, 0.3) is 0 Å². The Bertz CT molecular complexity index is 465. The number of aliphatic carboxylic acids is 1. The van der Waals surface area contributed by atoms with Crippen LogP contribution < -0.4 is 0 Å². The van der Waals surface area contributed by atoms with Crippen molar-refractivity contribution in [2.75, 3.05) is 27.7 Å². The standard InChI is InChI=1S/C20H35NO5/c1-5-6-7-8-9-12-17(22)13-10-11-14-20(25)26-18(15-19(23)24)16-21(2,3)4/h6-9,17-18,22H,5,10-16H2,1-4H3/p+1/b7-6+,9-8+. The number of allylic oxidation sites excluding steroid dienone is 3. The number of aliphatic hydroxyl groups is 1. The van der Waals surface area contributed by atoms with Gasteiger partial charge in [-0.25, -0.2) is 0 Å². The third-order valence-corrected chi connectivity index (χ3v) is 3.65. The first-order valence-corrected chi connectivity index (χ1v) is 9.35. The summed E-state index contributed by atoms with van der Waals surface area (Å²) in [6.07, 6.45) is 10.5. The van der Waals surface area contributed by atoms with Crippen LogP contribution in [-0.2, 0) is 14.3 Å². The van der Waals surface area contributed by atoms with Gasteiger partial charge in [0.2, 0.25) is 0 Å². The summed E-state index contributed by atoms with van der Waals surface area (Å²) >= 11 is 0. The van der Waals surface area contributed by atoms with Crippen molar-refractivity contribution in [3.05, 3.63) is 24.3 Å². The zero-order valence-electron chi connectivity index (χ0n) is 16.7. The van der Waals surface area contributed by atoms with Crippen LogP contribution in [0, 0.1) is 0 Å². The van der Waals surface area contributed by atoms with E-state index in [1.54, 1.807) is 0 Å². The van der Waals surface area contributed by atoms with Gasteiger partial charge in [-0.1, -0.05) is 37.6 Å². The maximum Gasteiger partial charge on any atom is 0.307 e. The van der Waals surface area contributed by atoms with Crippen LogP contribution in [0.3, 0.4) is 0 Å². The average molecular weight is 371 g/mol. The number of carboxylic acids is 1. The van der Waals surface area contributed by atoms with Gasteiger partial charge in [-0.15, -0.1) is 0 Å². The van der Waals surface area contributed by atoms with E-state index in [0.29, 0.717) is 30.3 Å². The second kappa shape index (κ2) is 13.5. The summed E-state index contributed by atoms with van der Waals surface area (Å²) in [5.74, 6) is -1.34. The summed E-state index contributed by atoms with van der Waals surface area (Å²) in [5, 5.41) is 18.8. The van der Waals surface area contributed by atoms with Crippen LogP contribution in [-0.4, -0.2) is 66.5 Å². The van der Waals surface area contributed by atoms with Crippen molar-refractivity contribution in [3.63, 3.8) is 0 Å². The lowest BCUT2D eigenvalue weighted by Gasteiger charge is -2.28. The molecule has 0 spiro atoms. The third kappa shape index (κ3) is 15.8. The van der Waals surface area contributed by atoms with Crippen LogP contribution >= 0.6 is 0 Å². The van der Waals surface area contributed by atoms with Crippen molar-refractivity contribution in [1.29, 1.82) is 0 Å². The summed E-state index contributed by atoms with van der Waals surface area (Å²) in [6.45, 7) is 2.52. The summed E-state index contributed by atoms with van der Waals surface area (Å²) in [4.78, 5) is 22.9. The van der Waals surface area contributed by atoms with E-state index in [0.717, 1.165) is 12.8 Å². The molecule has 0 heterocycles. The Kier molecular flexibility index (Phi) is 12.7. The Balaban J connectivity index is 4.06. The molecule has 6 nitrogen and oxygen atoms in total. The number of hydrogen-bond donors (Lipinski definition) is 2. The Hall–Kier alpha value is -1.66. The molecule has 2 N–H and O–H groups in total. The first kappa shape index (κ1) is 24.3. The largest absolute Gasteiger partial charge is 0.481 e. The van der Waals surface area contributed by atoms with Gasteiger partial charge < -0.3 is 19.4 Å². The predicted molar refractivity (Wildman–Crippen MR) is 103 cm³/mol. The molecule has 0 aliphatic heterocycles. The second-order valence-corrected chi connectivity index (χ2v) is 7.58. The van der Waals surface area contributed by atoms with E-state index >= 15 is 0 Å². The molecule has 0 amide bonds. The van der Waals surface area contributed by atoms with Crippen LogP contribution in [0.2, 0.25) is 0 Å². The lowest BCUT2D eigenvalue weighted by Crippen LogP contribution is -2.43. The molecule has 0 saturated carbocycles. The zero-order valence-corrected chi connectivity index (χ0v) is 16.7. The lowest BCUT2D eigenvalue weighted by molar-refractivity contribution is -0.873. The quantitative estimate of drug-likeness (QED) is 0.213. The Morgan fingerprint density at radius 3 is 2.35 bits per heavy atom. The van der Waals surface area contributed by atoms with E-state index < -0.39 is 18.2 Å². The predicted octanol–water partition coefficient (Wildman–Crippen LogP) is 2.91. The molecule has 2 unspecified atom stereocenters. The maximum atomic E-state index is 11.9. The first-order chi connectivity index (χ1) is 12.1. The summed E-state index contributed by atoms with van der Waals surface area (Å²) < 4.78 is 5.86. The Morgan fingerprint density at radius 2 is 1.77 bits per heavy atom. The number of quaternary nitrogens is 1. The van der Waals surface area contributed by atoms with Gasteiger partial charge in [0.25, 0.3) is 0 Å². The SMILES string of the molecule is CC/C=C/C=C/CC(O)CCCCC(=O)OC(CC(=O)O)C[N+](C)(C)C. The molecule has 0 radical (unpaired) electrons. The number of carbonyl (C=O) groups excluding carboxylic acids is 1. The fourth-order valence-electron chi connectivity index (χ4n) is 2.49. The molecular formula is C20H36NO5+. The molecule has 150 valence electrons. The van der Waals surface area contributed by atoms with E-state index in [2.05, 4.69) is 6.92 Å². The molecule has 0 bridgehead atoms. The number of nitrogens with zero attached hydrogens (tertiary/aromatic N) is 1. The summed E-state index contributed by atoms with van der Waals surface area (Å²) in [5.41, 5.74) is 0. The van der Waals surface area contributed by atoms with Gasteiger partial charge in [0.15, 0.2) is 6.10 Å². The zero-order chi connectivity index (χ0) is 20.0. The summed E-state index contributed by atoms with van der Waals surface area (Å²) in [6, 6.07) is 0. The van der Waals surface area contributed by atoms with Gasteiger partial charge in [0, 0.05) is 6.42 Å². The minimum absolute atomic E-state index is 0.182. The van der Waals surface area contributed by atoms with E-state index in [9.17, 15) is 14.7 Å². The Labute approximate surface area is 157 Å². The number of ether oxygens (including phenoxy) is 1. The molecule has 0 aliphatic carbocycles. The van der Waals surface area contributed by atoms with E-state index in [1.807, 2.05) is 45.4 Å². The number of carbonyl (C=O) groups is 2. The number of aliphatic hydroxyl groups excluding tert-OH is 1. The summed E-state index contributed by atoms with van der Waals surface area (Å²) in [7, 11) is 5.78. The van der Waals surface area contributed by atoms with Crippen LogP contribution in [0.1, 0.15) is 51.9 Å². The molecule has 0 aromatic carbocycles. The normalized spacial score (nSPS) is 14.7. The number of rotatable bonds is 14.